The average Bonchev–Trinajstić information content (AvgIpc) is 2.09. The van der Waals surface area contributed by atoms with E-state index in [0.717, 1.165) is 19.5 Å². The summed E-state index contributed by atoms with van der Waals surface area (Å²) >= 11 is 0. The number of likely N-dealkylation sites (tertiary alicyclic amines) is 1. The molecule has 0 N–H and O–H groups in total. The minimum atomic E-state index is 0.0651. The van der Waals surface area contributed by atoms with Crippen molar-refractivity contribution in [2.24, 2.45) is 0 Å². The first-order valence-electron chi connectivity index (χ1n) is 4.50. The second-order valence-corrected chi connectivity index (χ2v) is 3.14. The predicted molar refractivity (Wildman–Crippen MR) is 45.2 cm³/mol. The van der Waals surface area contributed by atoms with Crippen molar-refractivity contribution in [2.45, 2.75) is 38.6 Å². The van der Waals surface area contributed by atoms with Crippen molar-refractivity contribution in [2.75, 3.05) is 13.1 Å². The molecule has 1 aliphatic heterocycles. The topological polar surface area (TPSA) is 20.3 Å². The molecular weight excluding hydrogens is 138 g/mol. The van der Waals surface area contributed by atoms with Crippen LogP contribution in [0.4, 0.5) is 0 Å². The predicted octanol–water partition coefficient (Wildman–Crippen LogP) is 1.36. The van der Waals surface area contributed by atoms with E-state index in [1.807, 2.05) is 6.92 Å². The standard InChI is InChI=1S/C9H16NO/c1-2-9(8-11)10-6-4-3-5-7-10/h9H,2-7H2,1H3. The Balaban J connectivity index is 2.35. The van der Waals surface area contributed by atoms with Crippen LogP contribution in [-0.4, -0.2) is 30.3 Å². The second kappa shape index (κ2) is 4.50. The largest absolute Gasteiger partial charge is 0.293 e. The summed E-state index contributed by atoms with van der Waals surface area (Å²) in [4.78, 5) is 12.7. The highest BCUT2D eigenvalue weighted by Crippen LogP contribution is 2.12. The van der Waals surface area contributed by atoms with Gasteiger partial charge >= 0.3 is 0 Å². The third-order valence-corrected chi connectivity index (χ3v) is 2.35. The molecule has 1 unspecified atom stereocenters. The smallest absolute Gasteiger partial charge is 0.217 e. The molecule has 0 aromatic rings. The zero-order chi connectivity index (χ0) is 8.10. The summed E-state index contributed by atoms with van der Waals surface area (Å²) in [5.41, 5.74) is 0. The molecule has 1 radical (unpaired) electrons. The van der Waals surface area contributed by atoms with E-state index in [0.29, 0.717) is 0 Å². The summed E-state index contributed by atoms with van der Waals surface area (Å²) in [6, 6.07) is 0.0651. The van der Waals surface area contributed by atoms with Crippen LogP contribution in [0.15, 0.2) is 0 Å². The number of hydrogen-bond acceptors (Lipinski definition) is 2. The van der Waals surface area contributed by atoms with E-state index in [2.05, 4.69) is 11.2 Å². The Labute approximate surface area is 68.6 Å². The molecule has 63 valence electrons. The summed E-state index contributed by atoms with van der Waals surface area (Å²) in [5, 5.41) is 0. The molecule has 0 aromatic carbocycles. The van der Waals surface area contributed by atoms with Gasteiger partial charge in [0.05, 0.1) is 6.04 Å². The van der Waals surface area contributed by atoms with Gasteiger partial charge in [0.1, 0.15) is 0 Å². The van der Waals surface area contributed by atoms with Gasteiger partial charge in [0.2, 0.25) is 6.29 Å². The van der Waals surface area contributed by atoms with Crippen LogP contribution in [0.25, 0.3) is 0 Å². The van der Waals surface area contributed by atoms with Crippen molar-refractivity contribution in [3.63, 3.8) is 0 Å². The van der Waals surface area contributed by atoms with Crippen molar-refractivity contribution in [1.82, 2.24) is 4.90 Å². The van der Waals surface area contributed by atoms with Crippen LogP contribution < -0.4 is 0 Å². The number of rotatable bonds is 3. The van der Waals surface area contributed by atoms with Gasteiger partial charge < -0.3 is 0 Å². The molecule has 1 aliphatic rings. The first-order chi connectivity index (χ1) is 5.38. The molecule has 0 bridgehead atoms. The Morgan fingerprint density at radius 3 is 2.45 bits per heavy atom. The third-order valence-electron chi connectivity index (χ3n) is 2.35. The first kappa shape index (κ1) is 8.72. The van der Waals surface area contributed by atoms with Crippen LogP contribution in [0.1, 0.15) is 32.6 Å². The maximum Gasteiger partial charge on any atom is 0.217 e. The van der Waals surface area contributed by atoms with Crippen LogP contribution in [0.2, 0.25) is 0 Å². The second-order valence-electron chi connectivity index (χ2n) is 3.14. The SMILES string of the molecule is CCC([C]=O)N1CCCCC1. The van der Waals surface area contributed by atoms with Crippen molar-refractivity contribution >= 4 is 6.29 Å². The normalized spacial score (nSPS) is 23.0. The fraction of sp³-hybridized carbons (Fsp3) is 0.889. The van der Waals surface area contributed by atoms with Gasteiger partial charge in [0.25, 0.3) is 0 Å². The molecule has 1 fully saturated rings. The molecule has 1 saturated heterocycles. The Bertz CT molecular complexity index is 119. The molecule has 1 rings (SSSR count). The fourth-order valence-electron chi connectivity index (χ4n) is 1.65. The lowest BCUT2D eigenvalue weighted by Gasteiger charge is -2.30. The summed E-state index contributed by atoms with van der Waals surface area (Å²) < 4.78 is 0. The van der Waals surface area contributed by atoms with Crippen LogP contribution in [0, 0.1) is 0 Å². The van der Waals surface area contributed by atoms with E-state index in [4.69, 9.17) is 0 Å². The molecule has 0 spiro atoms. The van der Waals surface area contributed by atoms with Crippen molar-refractivity contribution in [3.05, 3.63) is 0 Å². The molecular formula is C9H16NO. The van der Waals surface area contributed by atoms with Crippen LogP contribution in [0.3, 0.4) is 0 Å². The maximum atomic E-state index is 10.5. The number of hydrogen-bond donors (Lipinski definition) is 0. The van der Waals surface area contributed by atoms with Crippen molar-refractivity contribution in [1.29, 1.82) is 0 Å². The van der Waals surface area contributed by atoms with Crippen LogP contribution in [0.5, 0.6) is 0 Å². The zero-order valence-electron chi connectivity index (χ0n) is 7.18. The number of piperidine rings is 1. The number of carbonyl (C=O) groups excluding carboxylic acids is 1. The number of nitrogens with zero attached hydrogens (tertiary/aromatic N) is 1. The highest BCUT2D eigenvalue weighted by Gasteiger charge is 2.18. The Morgan fingerprint density at radius 2 is 2.00 bits per heavy atom. The van der Waals surface area contributed by atoms with E-state index in [-0.39, 0.29) is 6.04 Å². The molecule has 1 heterocycles. The molecule has 0 saturated carbocycles. The summed E-state index contributed by atoms with van der Waals surface area (Å²) in [6.45, 7) is 4.23. The summed E-state index contributed by atoms with van der Waals surface area (Å²) in [5.74, 6) is 0. The van der Waals surface area contributed by atoms with E-state index >= 15 is 0 Å². The Kier molecular flexibility index (Phi) is 3.57. The van der Waals surface area contributed by atoms with E-state index in [1.54, 1.807) is 0 Å². The third kappa shape index (κ3) is 2.29. The van der Waals surface area contributed by atoms with Crippen molar-refractivity contribution < 1.29 is 4.79 Å². The molecule has 0 aromatic heterocycles. The maximum absolute atomic E-state index is 10.5. The van der Waals surface area contributed by atoms with E-state index < -0.39 is 0 Å². The quantitative estimate of drug-likeness (QED) is 0.611. The molecule has 0 amide bonds. The molecule has 1 atom stereocenters. The monoisotopic (exact) mass is 154 g/mol. The minimum absolute atomic E-state index is 0.0651. The summed E-state index contributed by atoms with van der Waals surface area (Å²) in [7, 11) is 0. The highest BCUT2D eigenvalue weighted by atomic mass is 16.1. The molecule has 0 aliphatic carbocycles. The fourth-order valence-corrected chi connectivity index (χ4v) is 1.65. The van der Waals surface area contributed by atoms with Gasteiger partial charge in [0, 0.05) is 0 Å². The first-order valence-corrected chi connectivity index (χ1v) is 4.50. The lowest BCUT2D eigenvalue weighted by Crippen LogP contribution is -2.39. The van der Waals surface area contributed by atoms with Gasteiger partial charge in [0.15, 0.2) is 0 Å². The van der Waals surface area contributed by atoms with Gasteiger partial charge in [-0.05, 0) is 32.4 Å². The highest BCUT2D eigenvalue weighted by molar-refractivity contribution is 5.58. The Morgan fingerprint density at radius 1 is 1.36 bits per heavy atom. The lowest BCUT2D eigenvalue weighted by molar-refractivity contribution is 0.195. The van der Waals surface area contributed by atoms with Gasteiger partial charge in [-0.2, -0.15) is 0 Å². The minimum Gasteiger partial charge on any atom is -0.293 e. The molecule has 11 heavy (non-hydrogen) atoms. The van der Waals surface area contributed by atoms with Gasteiger partial charge in [-0.25, -0.2) is 0 Å². The van der Waals surface area contributed by atoms with E-state index in [9.17, 15) is 4.79 Å². The zero-order valence-corrected chi connectivity index (χ0v) is 7.18. The molecule has 2 heteroatoms. The van der Waals surface area contributed by atoms with Crippen LogP contribution >= 0.6 is 0 Å². The van der Waals surface area contributed by atoms with Gasteiger partial charge in [-0.3, -0.25) is 9.69 Å². The Hall–Kier alpha value is -0.370. The van der Waals surface area contributed by atoms with Gasteiger partial charge in [-0.1, -0.05) is 13.3 Å². The van der Waals surface area contributed by atoms with Crippen molar-refractivity contribution in [3.8, 4) is 0 Å². The van der Waals surface area contributed by atoms with Crippen LogP contribution in [-0.2, 0) is 4.79 Å². The lowest BCUT2D eigenvalue weighted by atomic mass is 10.1. The van der Waals surface area contributed by atoms with E-state index in [1.165, 1.54) is 19.3 Å². The summed E-state index contributed by atoms with van der Waals surface area (Å²) in [6.07, 6.45) is 6.83. The average molecular weight is 154 g/mol. The molecule has 2 nitrogen and oxygen atoms in total. The van der Waals surface area contributed by atoms with Gasteiger partial charge in [-0.15, -0.1) is 0 Å².